The summed E-state index contributed by atoms with van der Waals surface area (Å²) in [7, 11) is 0. The first-order chi connectivity index (χ1) is 21.4. The summed E-state index contributed by atoms with van der Waals surface area (Å²) in [6.07, 6.45) is 2.93. The highest BCUT2D eigenvalue weighted by Gasteiger charge is 2.43. The minimum Gasteiger partial charge on any atom is -0.489 e. The Hall–Kier alpha value is -2.53. The summed E-state index contributed by atoms with van der Waals surface area (Å²) in [5.74, 6) is 0.120. The first-order valence-electron chi connectivity index (χ1n) is 15.2. The normalized spacial score (nSPS) is 20.7. The summed E-state index contributed by atoms with van der Waals surface area (Å²) in [6, 6.07) is 18.6. The van der Waals surface area contributed by atoms with Crippen molar-refractivity contribution in [1.29, 1.82) is 0 Å². The average molecular weight is 660 g/mol. The SMILES string of the molecule is O=C(c1ccc(F)cc1Cl)N1CC2CCC(C1)N2c1cc(SN2CCN(CCc3ccc(Cl)cc3)CC2)ccc1OCCO. The molecule has 3 aromatic rings. The number of nitrogens with zero attached hydrogens (tertiary/aromatic N) is 4. The largest absolute Gasteiger partial charge is 0.489 e. The zero-order chi connectivity index (χ0) is 30.6. The fourth-order valence-electron chi connectivity index (χ4n) is 6.46. The number of halogens is 3. The molecule has 2 bridgehead atoms. The predicted octanol–water partition coefficient (Wildman–Crippen LogP) is 5.86. The van der Waals surface area contributed by atoms with Crippen molar-refractivity contribution in [2.45, 2.75) is 36.2 Å². The number of carbonyl (C=O) groups is 1. The lowest BCUT2D eigenvalue weighted by Gasteiger charge is -2.43. The Morgan fingerprint density at radius 2 is 1.68 bits per heavy atom. The second-order valence-corrected chi connectivity index (χ2v) is 13.6. The van der Waals surface area contributed by atoms with Crippen LogP contribution < -0.4 is 9.64 Å². The summed E-state index contributed by atoms with van der Waals surface area (Å²) in [6.45, 7) is 6.27. The van der Waals surface area contributed by atoms with E-state index in [0.717, 1.165) is 73.3 Å². The van der Waals surface area contributed by atoms with Gasteiger partial charge in [0.2, 0.25) is 0 Å². The van der Waals surface area contributed by atoms with Gasteiger partial charge < -0.3 is 24.5 Å². The number of aliphatic hydroxyl groups is 1. The maximum absolute atomic E-state index is 13.6. The van der Waals surface area contributed by atoms with Gasteiger partial charge in [0.05, 0.1) is 22.9 Å². The zero-order valence-electron chi connectivity index (χ0n) is 24.5. The summed E-state index contributed by atoms with van der Waals surface area (Å²) in [4.78, 5) is 21.3. The van der Waals surface area contributed by atoms with E-state index in [2.05, 4.69) is 38.4 Å². The van der Waals surface area contributed by atoms with E-state index in [1.165, 1.54) is 23.8 Å². The Labute approximate surface area is 272 Å². The van der Waals surface area contributed by atoms with Crippen LogP contribution in [0.4, 0.5) is 10.1 Å². The highest BCUT2D eigenvalue weighted by atomic mass is 35.5. The standard InChI is InChI=1S/C33H37Cl2FN4O3S/c34-24-3-1-23(2-4-24)11-12-37-13-15-39(16-14-37)44-28-8-10-32(43-18-17-41)31(20-28)40-26-6-7-27(40)22-38(21-26)33(42)29-9-5-25(36)19-30(29)35/h1-5,8-10,19-20,26-27,41H,6-7,11-18,21-22H2. The van der Waals surface area contributed by atoms with Crippen LogP contribution in [0.15, 0.2) is 65.6 Å². The third kappa shape index (κ3) is 7.30. The quantitative estimate of drug-likeness (QED) is 0.274. The van der Waals surface area contributed by atoms with Crippen LogP contribution in [0.1, 0.15) is 28.8 Å². The smallest absolute Gasteiger partial charge is 0.255 e. The Morgan fingerprint density at radius 1 is 0.955 bits per heavy atom. The van der Waals surface area contributed by atoms with Crippen LogP contribution in [0.2, 0.25) is 10.0 Å². The monoisotopic (exact) mass is 658 g/mol. The number of carbonyl (C=O) groups excluding carboxylic acids is 1. The first kappa shape index (κ1) is 31.5. The molecule has 0 saturated carbocycles. The molecule has 1 amide bonds. The van der Waals surface area contributed by atoms with E-state index in [1.807, 2.05) is 23.1 Å². The molecule has 3 aromatic carbocycles. The van der Waals surface area contributed by atoms with E-state index < -0.39 is 5.82 Å². The minimum atomic E-state index is -0.458. The molecule has 3 aliphatic heterocycles. The predicted molar refractivity (Wildman–Crippen MR) is 175 cm³/mol. The number of hydrogen-bond acceptors (Lipinski definition) is 7. The highest BCUT2D eigenvalue weighted by molar-refractivity contribution is 7.97. The van der Waals surface area contributed by atoms with Crippen LogP contribution in [0, 0.1) is 5.82 Å². The van der Waals surface area contributed by atoms with Gasteiger partial charge in [-0.05, 0) is 85.3 Å². The number of hydrogen-bond donors (Lipinski definition) is 1. The molecule has 3 heterocycles. The van der Waals surface area contributed by atoms with Gasteiger partial charge in [0, 0.05) is 67.8 Å². The second kappa shape index (κ2) is 14.3. The lowest BCUT2D eigenvalue weighted by Crippen LogP contribution is -2.55. The number of likely N-dealkylation sites (tertiary alicyclic amines) is 1. The van der Waals surface area contributed by atoms with Gasteiger partial charge >= 0.3 is 0 Å². The van der Waals surface area contributed by atoms with E-state index in [9.17, 15) is 14.3 Å². The molecule has 0 aromatic heterocycles. The summed E-state index contributed by atoms with van der Waals surface area (Å²) in [5, 5.41) is 10.4. The van der Waals surface area contributed by atoms with Crippen LogP contribution in [0.3, 0.4) is 0 Å². The van der Waals surface area contributed by atoms with Crippen molar-refractivity contribution in [3.05, 3.63) is 87.7 Å². The van der Waals surface area contributed by atoms with Crippen LogP contribution in [-0.4, -0.2) is 96.2 Å². The number of aliphatic hydroxyl groups excluding tert-OH is 1. The maximum atomic E-state index is 13.6. The van der Waals surface area contributed by atoms with E-state index in [1.54, 1.807) is 11.9 Å². The Balaban J connectivity index is 1.11. The van der Waals surface area contributed by atoms with Gasteiger partial charge in [-0.1, -0.05) is 35.3 Å². The summed E-state index contributed by atoms with van der Waals surface area (Å²) >= 11 is 14.0. The van der Waals surface area contributed by atoms with Crippen molar-refractivity contribution < 1.29 is 19.0 Å². The molecule has 2 unspecified atom stereocenters. The summed E-state index contributed by atoms with van der Waals surface area (Å²) < 4.78 is 22.0. The lowest BCUT2D eigenvalue weighted by atomic mass is 10.1. The molecule has 0 aliphatic carbocycles. The number of amides is 1. The van der Waals surface area contributed by atoms with Gasteiger partial charge in [-0.2, -0.15) is 0 Å². The number of rotatable bonds is 10. The molecule has 6 rings (SSSR count). The van der Waals surface area contributed by atoms with Crippen molar-refractivity contribution in [2.24, 2.45) is 0 Å². The molecule has 44 heavy (non-hydrogen) atoms. The number of ether oxygens (including phenoxy) is 1. The Bertz CT molecular complexity index is 1440. The van der Waals surface area contributed by atoms with Crippen molar-refractivity contribution in [1.82, 2.24) is 14.1 Å². The molecule has 0 spiro atoms. The highest BCUT2D eigenvalue weighted by Crippen LogP contribution is 2.42. The van der Waals surface area contributed by atoms with Gasteiger partial charge in [-0.3, -0.25) is 4.79 Å². The molecule has 0 radical (unpaired) electrons. The second-order valence-electron chi connectivity index (χ2n) is 11.6. The zero-order valence-corrected chi connectivity index (χ0v) is 26.8. The maximum Gasteiger partial charge on any atom is 0.255 e. The molecule has 11 heteroatoms. The Morgan fingerprint density at radius 3 is 2.36 bits per heavy atom. The third-order valence-electron chi connectivity index (χ3n) is 8.68. The molecule has 3 fully saturated rings. The van der Waals surface area contributed by atoms with Gasteiger partial charge in [0.1, 0.15) is 18.2 Å². The number of fused-ring (bicyclic) bond motifs is 2. The molecule has 234 valence electrons. The summed E-state index contributed by atoms with van der Waals surface area (Å²) in [5.41, 5.74) is 2.64. The molecule has 3 aliphatic rings. The van der Waals surface area contributed by atoms with Crippen LogP contribution in [-0.2, 0) is 6.42 Å². The lowest BCUT2D eigenvalue weighted by molar-refractivity contribution is 0.0717. The van der Waals surface area contributed by atoms with E-state index >= 15 is 0 Å². The van der Waals surface area contributed by atoms with E-state index in [0.29, 0.717) is 18.7 Å². The van der Waals surface area contributed by atoms with Crippen molar-refractivity contribution in [3.63, 3.8) is 0 Å². The minimum absolute atomic E-state index is 0.0637. The fraction of sp³-hybridized carbons (Fsp3) is 0.424. The average Bonchev–Trinajstić information content (AvgIpc) is 3.28. The number of piperazine rings is 2. The van der Waals surface area contributed by atoms with Crippen molar-refractivity contribution >= 4 is 46.7 Å². The molecule has 7 nitrogen and oxygen atoms in total. The third-order valence-corrected chi connectivity index (χ3v) is 10.3. The Kier molecular flexibility index (Phi) is 10.2. The molecule has 2 atom stereocenters. The van der Waals surface area contributed by atoms with E-state index in [-0.39, 0.29) is 36.2 Å². The van der Waals surface area contributed by atoms with Crippen molar-refractivity contribution in [3.8, 4) is 5.75 Å². The number of benzene rings is 3. The first-order valence-corrected chi connectivity index (χ1v) is 16.7. The topological polar surface area (TPSA) is 59.5 Å². The molecule has 1 N–H and O–H groups in total. The van der Waals surface area contributed by atoms with Crippen molar-refractivity contribution in [2.75, 3.05) is 63.9 Å². The fourth-order valence-corrected chi connectivity index (χ4v) is 7.77. The number of anilines is 1. The van der Waals surface area contributed by atoms with Gasteiger partial charge in [-0.15, -0.1) is 0 Å². The van der Waals surface area contributed by atoms with E-state index in [4.69, 9.17) is 27.9 Å². The van der Waals surface area contributed by atoms with Gasteiger partial charge in [-0.25, -0.2) is 8.70 Å². The van der Waals surface area contributed by atoms with Crippen LogP contribution >= 0.6 is 35.1 Å². The van der Waals surface area contributed by atoms with Gasteiger partial charge in [0.15, 0.2) is 0 Å². The molecule has 3 saturated heterocycles. The molecular formula is C33H37Cl2FN4O3S. The van der Waals surface area contributed by atoms with Crippen LogP contribution in [0.25, 0.3) is 0 Å². The molecular weight excluding hydrogens is 622 g/mol. The van der Waals surface area contributed by atoms with Crippen LogP contribution in [0.5, 0.6) is 5.75 Å². The van der Waals surface area contributed by atoms with Gasteiger partial charge in [0.25, 0.3) is 5.91 Å².